The van der Waals surface area contributed by atoms with Gasteiger partial charge in [-0.3, -0.25) is 0 Å². The van der Waals surface area contributed by atoms with Crippen molar-refractivity contribution in [1.29, 1.82) is 0 Å². The molecule has 0 saturated heterocycles. The lowest BCUT2D eigenvalue weighted by Crippen LogP contribution is -2.19. The Morgan fingerprint density at radius 2 is 1.88 bits per heavy atom. The minimum atomic E-state index is -0.0630. The Labute approximate surface area is 105 Å². The molecule has 0 amide bonds. The first-order valence-corrected chi connectivity index (χ1v) is 6.26. The Bertz CT molecular complexity index is 478. The molecular formula is C13H16N2OS. The van der Waals surface area contributed by atoms with Gasteiger partial charge in [0.1, 0.15) is 5.75 Å². The lowest BCUT2D eigenvalue weighted by molar-refractivity contribution is 0.415. The van der Waals surface area contributed by atoms with E-state index in [0.29, 0.717) is 6.54 Å². The predicted molar refractivity (Wildman–Crippen MR) is 72.3 cm³/mol. The molecule has 0 aliphatic heterocycles. The Hall–Kier alpha value is -1.36. The molecule has 3 nitrogen and oxygen atoms in total. The highest BCUT2D eigenvalue weighted by Crippen LogP contribution is 2.31. The number of hydrogen-bond acceptors (Lipinski definition) is 4. The normalized spacial score (nSPS) is 12.4. The van der Waals surface area contributed by atoms with Crippen molar-refractivity contribution in [2.75, 3.05) is 13.7 Å². The van der Waals surface area contributed by atoms with Gasteiger partial charge in [0.05, 0.1) is 13.2 Å². The number of thiophene rings is 1. The minimum absolute atomic E-state index is 0.0630. The Morgan fingerprint density at radius 3 is 2.47 bits per heavy atom. The highest BCUT2D eigenvalue weighted by Gasteiger charge is 2.08. The highest BCUT2D eigenvalue weighted by molar-refractivity contribution is 7.15. The maximum Gasteiger partial charge on any atom is 0.118 e. The Morgan fingerprint density at radius 1 is 1.18 bits per heavy atom. The molecule has 1 unspecified atom stereocenters. The second-order valence-electron chi connectivity index (χ2n) is 3.77. The lowest BCUT2D eigenvalue weighted by atomic mass is 10.2. The van der Waals surface area contributed by atoms with Gasteiger partial charge in [0, 0.05) is 16.3 Å². The van der Waals surface area contributed by atoms with Crippen LogP contribution in [-0.4, -0.2) is 13.7 Å². The molecule has 1 heterocycles. The zero-order valence-corrected chi connectivity index (χ0v) is 10.5. The molecule has 17 heavy (non-hydrogen) atoms. The third kappa shape index (κ3) is 2.66. The van der Waals surface area contributed by atoms with E-state index in [9.17, 15) is 0 Å². The molecule has 0 spiro atoms. The van der Waals surface area contributed by atoms with Crippen LogP contribution in [0.15, 0.2) is 36.4 Å². The van der Waals surface area contributed by atoms with Crippen molar-refractivity contribution in [2.45, 2.75) is 6.04 Å². The highest BCUT2D eigenvalue weighted by atomic mass is 32.1. The van der Waals surface area contributed by atoms with Gasteiger partial charge in [-0.15, -0.1) is 11.3 Å². The van der Waals surface area contributed by atoms with Gasteiger partial charge in [0.2, 0.25) is 0 Å². The van der Waals surface area contributed by atoms with Crippen molar-refractivity contribution in [3.05, 3.63) is 41.3 Å². The Balaban J connectivity index is 2.24. The molecule has 0 radical (unpaired) electrons. The summed E-state index contributed by atoms with van der Waals surface area (Å²) in [5, 5.41) is 0. The Kier molecular flexibility index (Phi) is 3.78. The summed E-state index contributed by atoms with van der Waals surface area (Å²) in [5.41, 5.74) is 12.6. The molecular weight excluding hydrogens is 232 g/mol. The van der Waals surface area contributed by atoms with Crippen molar-refractivity contribution in [3.8, 4) is 16.2 Å². The van der Waals surface area contributed by atoms with Gasteiger partial charge in [0.25, 0.3) is 0 Å². The van der Waals surface area contributed by atoms with Gasteiger partial charge < -0.3 is 16.2 Å². The van der Waals surface area contributed by atoms with E-state index in [1.54, 1.807) is 18.4 Å². The number of benzene rings is 1. The topological polar surface area (TPSA) is 61.3 Å². The summed E-state index contributed by atoms with van der Waals surface area (Å²) >= 11 is 1.69. The number of hydrogen-bond donors (Lipinski definition) is 2. The van der Waals surface area contributed by atoms with Crippen LogP contribution in [0.25, 0.3) is 10.4 Å². The summed E-state index contributed by atoms with van der Waals surface area (Å²) in [5.74, 6) is 0.865. The molecule has 0 aliphatic rings. The minimum Gasteiger partial charge on any atom is -0.497 e. The van der Waals surface area contributed by atoms with Crippen LogP contribution in [0, 0.1) is 0 Å². The molecule has 0 saturated carbocycles. The van der Waals surface area contributed by atoms with E-state index in [1.165, 1.54) is 10.4 Å². The first-order chi connectivity index (χ1) is 8.24. The maximum atomic E-state index is 5.90. The van der Waals surface area contributed by atoms with Crippen LogP contribution in [0.3, 0.4) is 0 Å². The van der Waals surface area contributed by atoms with Crippen LogP contribution < -0.4 is 16.2 Å². The summed E-state index contributed by atoms with van der Waals surface area (Å²) in [6.07, 6.45) is 0. The second-order valence-corrected chi connectivity index (χ2v) is 4.89. The van der Waals surface area contributed by atoms with Crippen molar-refractivity contribution < 1.29 is 4.74 Å². The second kappa shape index (κ2) is 5.31. The van der Waals surface area contributed by atoms with Crippen LogP contribution in [-0.2, 0) is 0 Å². The predicted octanol–water partition coefficient (Wildman–Crippen LogP) is 2.38. The van der Waals surface area contributed by atoms with Gasteiger partial charge in [-0.2, -0.15) is 0 Å². The molecule has 0 bridgehead atoms. The smallest absolute Gasteiger partial charge is 0.118 e. The summed E-state index contributed by atoms with van der Waals surface area (Å²) in [6, 6.07) is 12.1. The molecule has 0 aliphatic carbocycles. The van der Waals surface area contributed by atoms with E-state index in [1.807, 2.05) is 30.3 Å². The fourth-order valence-electron chi connectivity index (χ4n) is 1.58. The van der Waals surface area contributed by atoms with Gasteiger partial charge in [-0.25, -0.2) is 0 Å². The van der Waals surface area contributed by atoms with Gasteiger partial charge in [-0.1, -0.05) is 0 Å². The van der Waals surface area contributed by atoms with Crippen molar-refractivity contribution in [2.24, 2.45) is 11.5 Å². The third-order valence-electron chi connectivity index (χ3n) is 2.62. The average Bonchev–Trinajstić information content (AvgIpc) is 2.87. The zero-order valence-electron chi connectivity index (χ0n) is 9.72. The maximum absolute atomic E-state index is 5.90. The first-order valence-electron chi connectivity index (χ1n) is 5.44. The van der Waals surface area contributed by atoms with E-state index in [-0.39, 0.29) is 6.04 Å². The largest absolute Gasteiger partial charge is 0.497 e. The van der Waals surface area contributed by atoms with Crippen molar-refractivity contribution in [3.63, 3.8) is 0 Å². The molecule has 1 atom stereocenters. The molecule has 0 fully saturated rings. The van der Waals surface area contributed by atoms with Crippen LogP contribution in [0.5, 0.6) is 5.75 Å². The van der Waals surface area contributed by atoms with E-state index >= 15 is 0 Å². The summed E-state index contributed by atoms with van der Waals surface area (Å²) in [4.78, 5) is 2.32. The molecule has 4 heteroatoms. The van der Waals surface area contributed by atoms with Crippen LogP contribution in [0.4, 0.5) is 0 Å². The lowest BCUT2D eigenvalue weighted by Gasteiger charge is -2.04. The molecule has 90 valence electrons. The van der Waals surface area contributed by atoms with Crippen LogP contribution in [0.2, 0.25) is 0 Å². The average molecular weight is 248 g/mol. The standard InChI is InChI=1S/C13H16N2OS/c1-16-10-4-2-9(3-5-10)12-6-7-13(17-12)11(15)8-14/h2-7,11H,8,14-15H2,1H3. The van der Waals surface area contributed by atoms with E-state index in [4.69, 9.17) is 16.2 Å². The molecule has 1 aromatic carbocycles. The number of nitrogens with two attached hydrogens (primary N) is 2. The molecule has 2 aromatic rings. The molecule has 1 aromatic heterocycles. The van der Waals surface area contributed by atoms with E-state index in [2.05, 4.69) is 6.07 Å². The van der Waals surface area contributed by atoms with E-state index in [0.717, 1.165) is 10.6 Å². The van der Waals surface area contributed by atoms with Gasteiger partial charge >= 0.3 is 0 Å². The summed E-state index contributed by atoms with van der Waals surface area (Å²) in [7, 11) is 1.67. The van der Waals surface area contributed by atoms with Crippen LogP contribution in [0.1, 0.15) is 10.9 Å². The third-order valence-corrected chi connectivity index (χ3v) is 3.89. The zero-order chi connectivity index (χ0) is 12.3. The number of methoxy groups -OCH3 is 1. The number of rotatable bonds is 4. The fourth-order valence-corrected chi connectivity index (χ4v) is 2.61. The monoisotopic (exact) mass is 248 g/mol. The van der Waals surface area contributed by atoms with Crippen molar-refractivity contribution >= 4 is 11.3 Å². The van der Waals surface area contributed by atoms with Gasteiger partial charge in [0.15, 0.2) is 0 Å². The summed E-state index contributed by atoms with van der Waals surface area (Å²) in [6.45, 7) is 0.475. The summed E-state index contributed by atoms with van der Waals surface area (Å²) < 4.78 is 5.13. The molecule has 4 N–H and O–H groups in total. The van der Waals surface area contributed by atoms with Crippen LogP contribution >= 0.6 is 11.3 Å². The fraction of sp³-hybridized carbons (Fsp3) is 0.231. The SMILES string of the molecule is COc1ccc(-c2ccc(C(N)CN)s2)cc1. The van der Waals surface area contributed by atoms with Crippen molar-refractivity contribution in [1.82, 2.24) is 0 Å². The quantitative estimate of drug-likeness (QED) is 0.873. The number of ether oxygens (including phenoxy) is 1. The van der Waals surface area contributed by atoms with E-state index < -0.39 is 0 Å². The first kappa shape index (κ1) is 12.1. The molecule has 2 rings (SSSR count). The van der Waals surface area contributed by atoms with Gasteiger partial charge in [-0.05, 0) is 42.0 Å².